The third-order valence-electron chi connectivity index (χ3n) is 5.19. The van der Waals surface area contributed by atoms with Gasteiger partial charge in [0.15, 0.2) is 0 Å². The molecular weight excluding hydrogens is 379 g/mol. The molecule has 0 spiro atoms. The number of hydrogen-bond donors (Lipinski definition) is 1. The Morgan fingerprint density at radius 2 is 1.79 bits per heavy atom. The summed E-state index contributed by atoms with van der Waals surface area (Å²) in [5, 5.41) is 8.80. The van der Waals surface area contributed by atoms with E-state index in [9.17, 15) is 22.4 Å². The van der Waals surface area contributed by atoms with Crippen molar-refractivity contribution in [3.63, 3.8) is 0 Å². The van der Waals surface area contributed by atoms with Crippen molar-refractivity contribution in [1.82, 2.24) is 0 Å². The van der Waals surface area contributed by atoms with Crippen LogP contribution in [0, 0.1) is 25.5 Å². The van der Waals surface area contributed by atoms with Gasteiger partial charge in [-0.05, 0) is 67.3 Å². The summed E-state index contributed by atoms with van der Waals surface area (Å²) in [5.41, 5.74) is -0.265. The van der Waals surface area contributed by atoms with E-state index in [1.54, 1.807) is 19.9 Å². The molecule has 0 amide bonds. The normalized spacial score (nSPS) is 14.4. The standard InChI is InChI=1S/C21H19F5O2/c1-10-3-6-13(12-4-5-12)11(2)18(10)15-9-16(21(24,25)26)20(23)14(19(15)22)7-8-17(27)28/h3,6,9,12H,4-5,7-8H2,1-2H3,(H,27,28). The molecule has 1 aliphatic rings. The largest absolute Gasteiger partial charge is 0.481 e. The van der Waals surface area contributed by atoms with Crippen LogP contribution in [0.15, 0.2) is 18.2 Å². The van der Waals surface area contributed by atoms with Crippen molar-refractivity contribution in [1.29, 1.82) is 0 Å². The number of carbonyl (C=O) groups is 1. The second-order valence-corrected chi connectivity index (χ2v) is 7.22. The van der Waals surface area contributed by atoms with Crippen LogP contribution >= 0.6 is 0 Å². The van der Waals surface area contributed by atoms with Crippen molar-refractivity contribution in [3.8, 4) is 11.1 Å². The highest BCUT2D eigenvalue weighted by Crippen LogP contribution is 2.46. The van der Waals surface area contributed by atoms with Crippen molar-refractivity contribution in [2.75, 3.05) is 0 Å². The van der Waals surface area contributed by atoms with Gasteiger partial charge in [0.25, 0.3) is 0 Å². The Hall–Kier alpha value is -2.44. The van der Waals surface area contributed by atoms with Gasteiger partial charge in [-0.1, -0.05) is 12.1 Å². The van der Waals surface area contributed by atoms with Crippen LogP contribution in [0.1, 0.15) is 53.0 Å². The predicted molar refractivity (Wildman–Crippen MR) is 94.2 cm³/mol. The number of hydrogen-bond acceptors (Lipinski definition) is 1. The molecule has 0 aliphatic heterocycles. The lowest BCUT2D eigenvalue weighted by atomic mass is 9.87. The second-order valence-electron chi connectivity index (χ2n) is 7.22. The molecule has 0 unspecified atom stereocenters. The molecule has 150 valence electrons. The van der Waals surface area contributed by atoms with Crippen molar-refractivity contribution in [2.45, 2.75) is 51.6 Å². The zero-order valence-electron chi connectivity index (χ0n) is 15.4. The molecule has 3 rings (SSSR count). The summed E-state index contributed by atoms with van der Waals surface area (Å²) in [7, 11) is 0. The molecular formula is C21H19F5O2. The fourth-order valence-electron chi connectivity index (χ4n) is 3.65. The van der Waals surface area contributed by atoms with Crippen LogP contribution in [0.4, 0.5) is 22.0 Å². The fourth-order valence-corrected chi connectivity index (χ4v) is 3.65. The molecule has 0 aromatic heterocycles. The van der Waals surface area contributed by atoms with Gasteiger partial charge in [-0.25, -0.2) is 8.78 Å². The van der Waals surface area contributed by atoms with Crippen LogP contribution in [0.25, 0.3) is 11.1 Å². The van der Waals surface area contributed by atoms with Gasteiger partial charge in [-0.3, -0.25) is 4.79 Å². The van der Waals surface area contributed by atoms with E-state index in [4.69, 9.17) is 5.11 Å². The number of carboxylic acids is 1. The van der Waals surface area contributed by atoms with Crippen LogP contribution in [-0.4, -0.2) is 11.1 Å². The lowest BCUT2D eigenvalue weighted by Gasteiger charge is -2.19. The number of aliphatic carboxylic acids is 1. The first kappa shape index (κ1) is 20.3. The van der Waals surface area contributed by atoms with E-state index in [2.05, 4.69) is 0 Å². The molecule has 1 fully saturated rings. The quantitative estimate of drug-likeness (QED) is 0.613. The Bertz CT molecular complexity index is 943. The highest BCUT2D eigenvalue weighted by atomic mass is 19.4. The van der Waals surface area contributed by atoms with Crippen molar-refractivity contribution < 1.29 is 31.9 Å². The molecule has 0 atom stereocenters. The molecule has 0 heterocycles. The maximum atomic E-state index is 15.1. The number of aryl methyl sites for hydroxylation is 1. The van der Waals surface area contributed by atoms with Crippen LogP contribution in [0.2, 0.25) is 0 Å². The van der Waals surface area contributed by atoms with Crippen molar-refractivity contribution in [3.05, 3.63) is 57.7 Å². The first-order valence-corrected chi connectivity index (χ1v) is 8.92. The third-order valence-corrected chi connectivity index (χ3v) is 5.19. The maximum Gasteiger partial charge on any atom is 0.419 e. The zero-order chi connectivity index (χ0) is 20.8. The van der Waals surface area contributed by atoms with E-state index in [-0.39, 0.29) is 5.56 Å². The highest BCUT2D eigenvalue weighted by Gasteiger charge is 2.38. The van der Waals surface area contributed by atoms with Gasteiger partial charge in [0.2, 0.25) is 0 Å². The lowest BCUT2D eigenvalue weighted by molar-refractivity contribution is -0.140. The number of carboxylic acid groups (broad SMARTS) is 1. The molecule has 1 N–H and O–H groups in total. The smallest absolute Gasteiger partial charge is 0.419 e. The molecule has 2 aromatic carbocycles. The highest BCUT2D eigenvalue weighted by molar-refractivity contribution is 5.75. The van der Waals surface area contributed by atoms with E-state index >= 15 is 4.39 Å². The predicted octanol–water partition coefficient (Wildman–Crippen LogP) is 6.16. The second kappa shape index (κ2) is 7.18. The molecule has 28 heavy (non-hydrogen) atoms. The molecule has 0 radical (unpaired) electrons. The first-order chi connectivity index (χ1) is 13.0. The van der Waals surface area contributed by atoms with E-state index in [1.165, 1.54) is 0 Å². The number of benzene rings is 2. The minimum atomic E-state index is -5.03. The van der Waals surface area contributed by atoms with Crippen molar-refractivity contribution in [2.24, 2.45) is 0 Å². The number of rotatable bonds is 5. The van der Waals surface area contributed by atoms with Crippen LogP contribution in [0.3, 0.4) is 0 Å². The molecule has 2 aromatic rings. The minimum Gasteiger partial charge on any atom is -0.481 e. The topological polar surface area (TPSA) is 37.3 Å². The Kier molecular flexibility index (Phi) is 5.21. The van der Waals surface area contributed by atoms with E-state index in [0.717, 1.165) is 18.4 Å². The average Bonchev–Trinajstić information content (AvgIpc) is 3.40. The molecule has 1 aliphatic carbocycles. The Labute approximate surface area is 159 Å². The summed E-state index contributed by atoms with van der Waals surface area (Å²) in [4.78, 5) is 10.8. The zero-order valence-corrected chi connectivity index (χ0v) is 15.4. The Balaban J connectivity index is 2.28. The summed E-state index contributed by atoms with van der Waals surface area (Å²) in [6, 6.07) is 4.12. The van der Waals surface area contributed by atoms with Gasteiger partial charge in [0.1, 0.15) is 11.6 Å². The van der Waals surface area contributed by atoms with E-state index in [0.29, 0.717) is 28.7 Å². The van der Waals surface area contributed by atoms with Gasteiger partial charge >= 0.3 is 12.1 Å². The SMILES string of the molecule is Cc1ccc(C2CC2)c(C)c1-c1cc(C(F)(F)F)c(F)c(CCC(=O)O)c1F. The van der Waals surface area contributed by atoms with Gasteiger partial charge in [0.05, 0.1) is 5.56 Å². The van der Waals surface area contributed by atoms with Crippen LogP contribution in [-0.2, 0) is 17.4 Å². The minimum absolute atomic E-state index is 0.302. The van der Waals surface area contributed by atoms with Gasteiger partial charge in [-0.15, -0.1) is 0 Å². The van der Waals surface area contributed by atoms with E-state index < -0.39 is 47.7 Å². The lowest BCUT2D eigenvalue weighted by Crippen LogP contribution is -2.14. The molecule has 1 saturated carbocycles. The third kappa shape index (κ3) is 3.75. The summed E-state index contributed by atoms with van der Waals surface area (Å²) in [6.45, 7) is 3.38. The average molecular weight is 398 g/mol. The Morgan fingerprint density at radius 3 is 2.32 bits per heavy atom. The number of alkyl halides is 3. The molecule has 0 saturated heterocycles. The van der Waals surface area contributed by atoms with Gasteiger partial charge in [0, 0.05) is 17.5 Å². The summed E-state index contributed by atoms with van der Waals surface area (Å²) < 4.78 is 69.8. The first-order valence-electron chi connectivity index (χ1n) is 8.92. The molecule has 2 nitrogen and oxygen atoms in total. The maximum absolute atomic E-state index is 15.1. The van der Waals surface area contributed by atoms with Crippen LogP contribution < -0.4 is 0 Å². The molecule has 7 heteroatoms. The van der Waals surface area contributed by atoms with Crippen LogP contribution in [0.5, 0.6) is 0 Å². The van der Waals surface area contributed by atoms with Crippen molar-refractivity contribution >= 4 is 5.97 Å². The van der Waals surface area contributed by atoms with Gasteiger partial charge < -0.3 is 5.11 Å². The van der Waals surface area contributed by atoms with Gasteiger partial charge in [-0.2, -0.15) is 13.2 Å². The molecule has 0 bridgehead atoms. The monoisotopic (exact) mass is 398 g/mol. The number of halogens is 5. The summed E-state index contributed by atoms with van der Waals surface area (Å²) in [5.74, 6) is -3.92. The summed E-state index contributed by atoms with van der Waals surface area (Å²) in [6.07, 6.45) is -4.43. The summed E-state index contributed by atoms with van der Waals surface area (Å²) >= 11 is 0. The Morgan fingerprint density at radius 1 is 1.14 bits per heavy atom. The fraction of sp³-hybridized carbons (Fsp3) is 0.381. The van der Waals surface area contributed by atoms with E-state index in [1.807, 2.05) is 6.07 Å².